The molecule has 1 aromatic heterocycles. The largest absolute Gasteiger partial charge is 0.490 e. The molecule has 1 heterocycles. The van der Waals surface area contributed by atoms with Gasteiger partial charge in [-0.2, -0.15) is 5.26 Å². The minimum atomic E-state index is -0.250. The molecule has 0 aliphatic rings. The zero-order valence-electron chi connectivity index (χ0n) is 19.7. The zero-order chi connectivity index (χ0) is 24.0. The van der Waals surface area contributed by atoms with Crippen LogP contribution in [0, 0.1) is 11.3 Å². The molecule has 0 bridgehead atoms. The van der Waals surface area contributed by atoms with Crippen LogP contribution in [0.5, 0.6) is 5.75 Å². The van der Waals surface area contributed by atoms with Crippen LogP contribution >= 0.6 is 11.3 Å². The van der Waals surface area contributed by atoms with E-state index < -0.39 is 0 Å². The summed E-state index contributed by atoms with van der Waals surface area (Å²) in [5, 5.41) is 10.4. The van der Waals surface area contributed by atoms with Crippen LogP contribution in [-0.4, -0.2) is 42.7 Å². The van der Waals surface area contributed by atoms with Gasteiger partial charge in [-0.1, -0.05) is 25.1 Å². The average molecular weight is 464 g/mol. The van der Waals surface area contributed by atoms with E-state index in [0.29, 0.717) is 17.9 Å². The van der Waals surface area contributed by atoms with Gasteiger partial charge in [0.05, 0.1) is 30.2 Å². The first-order chi connectivity index (χ1) is 15.9. The van der Waals surface area contributed by atoms with Gasteiger partial charge in [-0.15, -0.1) is 11.3 Å². The summed E-state index contributed by atoms with van der Waals surface area (Å²) >= 11 is 1.60. The van der Waals surface area contributed by atoms with Crippen LogP contribution < -0.4 is 4.74 Å². The minimum Gasteiger partial charge on any atom is -0.490 e. The first kappa shape index (κ1) is 24.4. The molecule has 172 valence electrons. The van der Waals surface area contributed by atoms with Crippen LogP contribution in [0.4, 0.5) is 0 Å². The highest BCUT2D eigenvalue weighted by Crippen LogP contribution is 2.36. The van der Waals surface area contributed by atoms with E-state index in [1.54, 1.807) is 11.3 Å². The number of aromatic nitrogens is 1. The molecule has 3 rings (SSSR count). The van der Waals surface area contributed by atoms with Crippen molar-refractivity contribution in [3.63, 3.8) is 0 Å². The number of ether oxygens (including phenoxy) is 2. The number of methoxy groups -OCH3 is 1. The van der Waals surface area contributed by atoms with Gasteiger partial charge in [-0.05, 0) is 62.2 Å². The van der Waals surface area contributed by atoms with Crippen molar-refractivity contribution in [1.29, 1.82) is 5.26 Å². The first-order valence-corrected chi connectivity index (χ1v) is 11.7. The number of rotatable bonds is 9. The quantitative estimate of drug-likeness (QED) is 0.401. The van der Waals surface area contributed by atoms with Crippen molar-refractivity contribution >= 4 is 17.3 Å². The van der Waals surface area contributed by atoms with Gasteiger partial charge in [0.2, 0.25) is 0 Å². The van der Waals surface area contributed by atoms with Crippen molar-refractivity contribution in [3.8, 4) is 32.8 Å². The van der Waals surface area contributed by atoms with E-state index in [2.05, 4.69) is 30.1 Å². The van der Waals surface area contributed by atoms with Gasteiger partial charge in [0.15, 0.2) is 0 Å². The maximum Gasteiger partial charge on any atom is 0.319 e. The predicted octanol–water partition coefficient (Wildman–Crippen LogP) is 5.30. The van der Waals surface area contributed by atoms with Crippen LogP contribution in [0.15, 0.2) is 42.6 Å². The van der Waals surface area contributed by atoms with Crippen molar-refractivity contribution in [3.05, 3.63) is 59.3 Å². The molecule has 0 amide bonds. The molecular weight excluding hydrogens is 434 g/mol. The highest BCUT2D eigenvalue weighted by Gasteiger charge is 2.16. The Morgan fingerprint density at radius 2 is 2.06 bits per heavy atom. The van der Waals surface area contributed by atoms with Crippen LogP contribution in [0.25, 0.3) is 21.0 Å². The fraction of sp³-hybridized carbons (Fsp3) is 0.346. The Morgan fingerprint density at radius 1 is 1.27 bits per heavy atom. The number of esters is 1. The lowest BCUT2D eigenvalue weighted by Crippen LogP contribution is -2.26. The number of hydrogen-bond donors (Lipinski definition) is 0. The molecule has 2 aromatic carbocycles. The van der Waals surface area contributed by atoms with E-state index in [1.165, 1.54) is 18.2 Å². The first-order valence-electron chi connectivity index (χ1n) is 10.9. The fourth-order valence-electron chi connectivity index (χ4n) is 3.70. The minimum absolute atomic E-state index is 0.000760. The lowest BCUT2D eigenvalue weighted by Gasteiger charge is -2.19. The Morgan fingerprint density at radius 3 is 2.73 bits per heavy atom. The molecule has 33 heavy (non-hydrogen) atoms. The molecule has 0 fully saturated rings. The molecule has 0 aliphatic heterocycles. The van der Waals surface area contributed by atoms with Crippen LogP contribution in [0.1, 0.15) is 37.5 Å². The molecule has 3 aromatic rings. The van der Waals surface area contributed by atoms with Crippen molar-refractivity contribution in [2.45, 2.75) is 39.8 Å². The van der Waals surface area contributed by atoms with E-state index in [0.717, 1.165) is 27.4 Å². The van der Waals surface area contributed by atoms with E-state index in [4.69, 9.17) is 9.47 Å². The summed E-state index contributed by atoms with van der Waals surface area (Å²) in [5.74, 6) is 0.338. The number of hydrogen-bond acceptors (Lipinski definition) is 7. The summed E-state index contributed by atoms with van der Waals surface area (Å²) < 4.78 is 10.5. The van der Waals surface area contributed by atoms with Gasteiger partial charge in [0, 0.05) is 18.3 Å². The topological polar surface area (TPSA) is 75.5 Å². The Hall–Kier alpha value is -3.21. The molecule has 7 heteroatoms. The van der Waals surface area contributed by atoms with Crippen molar-refractivity contribution < 1.29 is 14.3 Å². The number of benzene rings is 2. The van der Waals surface area contributed by atoms with E-state index in [1.807, 2.05) is 56.3 Å². The van der Waals surface area contributed by atoms with E-state index >= 15 is 0 Å². The van der Waals surface area contributed by atoms with Crippen LogP contribution in [0.2, 0.25) is 0 Å². The van der Waals surface area contributed by atoms with Gasteiger partial charge in [0.25, 0.3) is 0 Å². The second-order valence-electron chi connectivity index (χ2n) is 8.06. The summed E-state index contributed by atoms with van der Waals surface area (Å²) in [6.45, 7) is 6.91. The number of nitrogens with zero attached hydrogens (tertiary/aromatic N) is 3. The molecule has 0 radical (unpaired) electrons. The summed E-state index contributed by atoms with van der Waals surface area (Å²) in [6.07, 6.45) is 2.76. The average Bonchev–Trinajstić information content (AvgIpc) is 3.28. The molecular formula is C26H29N3O3S. The molecule has 0 saturated heterocycles. The zero-order valence-corrected chi connectivity index (χ0v) is 20.5. The number of thiazole rings is 1. The van der Waals surface area contributed by atoms with Gasteiger partial charge < -0.3 is 9.47 Å². The molecule has 0 aliphatic carbocycles. The Kier molecular flexibility index (Phi) is 8.21. The standard InChI is InChI=1S/C26H29N3O3S/c1-6-21-19(15-29(4)16-25(30)31-5)8-7-9-22(21)24-14-28-26(33-24)18-10-11-23(32-17(2)3)20(12-18)13-27/h7-12,14,17H,6,15-16H2,1-5H3. The molecule has 0 unspecified atom stereocenters. The summed E-state index contributed by atoms with van der Waals surface area (Å²) in [4.78, 5) is 19.3. The monoisotopic (exact) mass is 463 g/mol. The Labute approximate surface area is 199 Å². The number of carbonyl (C=O) groups excluding carboxylic acids is 1. The SMILES string of the molecule is CCc1c(CN(C)CC(=O)OC)cccc1-c1cnc(-c2ccc(OC(C)C)c(C#N)c2)s1. The van der Waals surface area contributed by atoms with Gasteiger partial charge in [-0.3, -0.25) is 9.69 Å². The molecule has 0 atom stereocenters. The second kappa shape index (κ2) is 11.1. The number of likely N-dealkylation sites (N-methyl/N-ethyl adjacent to an activating group) is 1. The third-order valence-corrected chi connectivity index (χ3v) is 6.25. The van der Waals surface area contributed by atoms with Crippen LogP contribution in [-0.2, 0) is 22.5 Å². The van der Waals surface area contributed by atoms with Crippen LogP contribution in [0.3, 0.4) is 0 Å². The molecule has 0 saturated carbocycles. The van der Waals surface area contributed by atoms with Gasteiger partial charge >= 0.3 is 5.97 Å². The third kappa shape index (κ3) is 5.98. The number of carbonyl (C=O) groups is 1. The Balaban J connectivity index is 1.90. The van der Waals surface area contributed by atoms with E-state index in [-0.39, 0.29) is 18.6 Å². The van der Waals surface area contributed by atoms with E-state index in [9.17, 15) is 10.1 Å². The lowest BCUT2D eigenvalue weighted by atomic mass is 9.97. The maximum absolute atomic E-state index is 11.6. The highest BCUT2D eigenvalue weighted by atomic mass is 32.1. The molecule has 6 nitrogen and oxygen atoms in total. The predicted molar refractivity (Wildman–Crippen MR) is 131 cm³/mol. The van der Waals surface area contributed by atoms with Crippen molar-refractivity contribution in [1.82, 2.24) is 9.88 Å². The molecule has 0 N–H and O–H groups in total. The summed E-state index contributed by atoms with van der Waals surface area (Å²) in [7, 11) is 3.31. The normalized spacial score (nSPS) is 11.0. The van der Waals surface area contributed by atoms with Crippen molar-refractivity contribution in [2.24, 2.45) is 0 Å². The van der Waals surface area contributed by atoms with Gasteiger partial charge in [-0.25, -0.2) is 4.98 Å². The smallest absolute Gasteiger partial charge is 0.319 e. The number of nitriles is 1. The third-order valence-electron chi connectivity index (χ3n) is 5.17. The second-order valence-corrected chi connectivity index (χ2v) is 9.09. The summed E-state index contributed by atoms with van der Waals surface area (Å²) in [5.41, 5.74) is 4.96. The molecule has 0 spiro atoms. The maximum atomic E-state index is 11.6. The van der Waals surface area contributed by atoms with Crippen molar-refractivity contribution in [2.75, 3.05) is 20.7 Å². The Bertz CT molecular complexity index is 1160. The lowest BCUT2D eigenvalue weighted by molar-refractivity contribution is -0.141. The fourth-order valence-corrected chi connectivity index (χ4v) is 4.67. The summed E-state index contributed by atoms with van der Waals surface area (Å²) in [6, 6.07) is 14.1. The van der Waals surface area contributed by atoms with Gasteiger partial charge in [0.1, 0.15) is 16.8 Å². The highest BCUT2D eigenvalue weighted by molar-refractivity contribution is 7.18.